The van der Waals surface area contributed by atoms with Gasteiger partial charge in [-0.1, -0.05) is 47.5 Å². The van der Waals surface area contributed by atoms with Crippen LogP contribution in [-0.4, -0.2) is 62.3 Å². The number of halogens is 2. The Bertz CT molecular complexity index is 1460. The molecule has 0 radical (unpaired) electrons. The number of piperazine rings is 1. The van der Waals surface area contributed by atoms with E-state index in [4.69, 9.17) is 48.7 Å². The highest BCUT2D eigenvalue weighted by Gasteiger charge is 2.37. The van der Waals surface area contributed by atoms with Crippen LogP contribution in [0, 0.1) is 6.92 Å². The molecule has 2 fully saturated rings. The van der Waals surface area contributed by atoms with Crippen LogP contribution in [0.15, 0.2) is 48.5 Å². The molecule has 2 aromatic heterocycles. The van der Waals surface area contributed by atoms with Gasteiger partial charge in [0, 0.05) is 41.8 Å². The molecule has 3 N–H and O–H groups in total. The molecule has 4 heterocycles. The van der Waals surface area contributed by atoms with Crippen molar-refractivity contribution in [3.05, 3.63) is 75.5 Å². The van der Waals surface area contributed by atoms with Gasteiger partial charge in [-0.05, 0) is 69.0 Å². The molecule has 3 atom stereocenters. The number of aryl methyl sites for hydroxylation is 1. The first-order valence-corrected chi connectivity index (χ1v) is 14.9. The molecular weight excluding hydrogens is 559 g/mol. The molecule has 1 unspecified atom stereocenters. The minimum Gasteiger partial charge on any atom is -0.376 e. The van der Waals surface area contributed by atoms with Crippen molar-refractivity contribution in [1.82, 2.24) is 24.4 Å². The van der Waals surface area contributed by atoms with Crippen LogP contribution in [0.3, 0.4) is 0 Å². The SMILES string of the molecule is Cc1nc2c(N3C[C@@H](C)N(C(c4ccc(Cl)cc4)c4ccc(Cl)cc4)C[C@@H]3C)nc(NN)nc2n1CC1CCCO1. The van der Waals surface area contributed by atoms with Gasteiger partial charge in [0.15, 0.2) is 17.0 Å². The number of rotatable bonds is 7. The monoisotopic (exact) mass is 594 g/mol. The lowest BCUT2D eigenvalue weighted by molar-refractivity contribution is 0.0973. The molecule has 2 aromatic carbocycles. The van der Waals surface area contributed by atoms with Gasteiger partial charge in [0.05, 0.1) is 18.7 Å². The molecule has 9 nitrogen and oxygen atoms in total. The average Bonchev–Trinajstić information content (AvgIpc) is 3.60. The van der Waals surface area contributed by atoms with E-state index in [0.717, 1.165) is 65.4 Å². The summed E-state index contributed by atoms with van der Waals surface area (Å²) in [6, 6.07) is 16.7. The largest absolute Gasteiger partial charge is 0.376 e. The van der Waals surface area contributed by atoms with Gasteiger partial charge in [-0.2, -0.15) is 9.97 Å². The minimum atomic E-state index is 0.0451. The summed E-state index contributed by atoms with van der Waals surface area (Å²) in [5.41, 5.74) is 6.62. The summed E-state index contributed by atoms with van der Waals surface area (Å²) in [6.07, 6.45) is 2.29. The number of benzene rings is 2. The molecule has 2 aliphatic rings. The van der Waals surface area contributed by atoms with Crippen molar-refractivity contribution in [3.63, 3.8) is 0 Å². The quantitative estimate of drug-likeness (QED) is 0.211. The number of hydrogen-bond donors (Lipinski definition) is 2. The standard InChI is InChI=1S/C30H36Cl2N8O/c1-18-16-39(28-26-29(36-30(35-28)37-33)40(20(3)34-26)17-25-5-4-14-41-25)19(2)15-38(18)27(21-6-10-23(31)11-7-21)22-8-12-24(32)13-9-22/h6-13,18-19,25,27H,4-5,14-17,33H2,1-3H3,(H,35,36,37)/t18-,19+,25?/m1/s1. The summed E-state index contributed by atoms with van der Waals surface area (Å²) < 4.78 is 8.06. The molecule has 0 saturated carbocycles. The Balaban J connectivity index is 1.35. The van der Waals surface area contributed by atoms with Crippen LogP contribution in [0.1, 0.15) is 49.7 Å². The zero-order valence-electron chi connectivity index (χ0n) is 23.6. The molecule has 2 saturated heterocycles. The molecule has 0 bridgehead atoms. The number of hydrogen-bond acceptors (Lipinski definition) is 8. The molecule has 2 aliphatic heterocycles. The third-order valence-corrected chi connectivity index (χ3v) is 8.82. The Hall–Kier alpha value is -2.95. The third kappa shape index (κ3) is 5.61. The number of nitrogens with two attached hydrogens (primary N) is 1. The molecule has 4 aromatic rings. The first kappa shape index (κ1) is 28.2. The Labute approximate surface area is 250 Å². The van der Waals surface area contributed by atoms with Gasteiger partial charge in [-0.25, -0.2) is 10.8 Å². The zero-order valence-corrected chi connectivity index (χ0v) is 25.1. The van der Waals surface area contributed by atoms with Gasteiger partial charge < -0.3 is 14.2 Å². The average molecular weight is 596 g/mol. The summed E-state index contributed by atoms with van der Waals surface area (Å²) in [5, 5.41) is 1.45. The van der Waals surface area contributed by atoms with Crippen LogP contribution in [0.5, 0.6) is 0 Å². The summed E-state index contributed by atoms with van der Waals surface area (Å²) in [5.74, 6) is 7.93. The van der Waals surface area contributed by atoms with E-state index < -0.39 is 0 Å². The summed E-state index contributed by atoms with van der Waals surface area (Å²) in [4.78, 5) is 19.4. The second-order valence-corrected chi connectivity index (χ2v) is 12.0. The summed E-state index contributed by atoms with van der Waals surface area (Å²) in [6.45, 7) is 9.60. The Morgan fingerprint density at radius 2 is 1.61 bits per heavy atom. The van der Waals surface area contributed by atoms with Crippen molar-refractivity contribution in [2.75, 3.05) is 30.0 Å². The molecule has 11 heteroatoms. The third-order valence-electron chi connectivity index (χ3n) is 8.32. The lowest BCUT2D eigenvalue weighted by Gasteiger charge is -2.48. The normalized spacial score (nSPS) is 21.7. The van der Waals surface area contributed by atoms with Crippen molar-refractivity contribution < 1.29 is 4.74 Å². The lowest BCUT2D eigenvalue weighted by atomic mass is 9.93. The maximum absolute atomic E-state index is 6.26. The molecule has 41 heavy (non-hydrogen) atoms. The van der Waals surface area contributed by atoms with Crippen LogP contribution in [0.25, 0.3) is 11.2 Å². The molecular formula is C30H36Cl2N8O. The predicted octanol–water partition coefficient (Wildman–Crippen LogP) is 5.59. The van der Waals surface area contributed by atoms with Gasteiger partial charge in [0.1, 0.15) is 5.82 Å². The van der Waals surface area contributed by atoms with E-state index in [2.05, 4.69) is 57.9 Å². The molecule has 0 spiro atoms. The second kappa shape index (κ2) is 11.7. The number of imidazole rings is 1. The lowest BCUT2D eigenvalue weighted by Crippen LogP contribution is -2.57. The Kier molecular flexibility index (Phi) is 8.07. The minimum absolute atomic E-state index is 0.0451. The molecule has 6 rings (SSSR count). The van der Waals surface area contributed by atoms with Crippen molar-refractivity contribution in [2.45, 2.75) is 64.4 Å². The number of nitrogen functional groups attached to an aromatic ring is 1. The van der Waals surface area contributed by atoms with Crippen molar-refractivity contribution in [1.29, 1.82) is 0 Å². The van der Waals surface area contributed by atoms with Crippen molar-refractivity contribution in [3.8, 4) is 0 Å². The van der Waals surface area contributed by atoms with E-state index in [1.165, 1.54) is 11.1 Å². The van der Waals surface area contributed by atoms with E-state index >= 15 is 0 Å². The predicted molar refractivity (Wildman–Crippen MR) is 165 cm³/mol. The Morgan fingerprint density at radius 3 is 2.20 bits per heavy atom. The maximum atomic E-state index is 6.26. The number of nitrogens with one attached hydrogen (secondary N) is 1. The van der Waals surface area contributed by atoms with E-state index in [9.17, 15) is 0 Å². The highest BCUT2D eigenvalue weighted by atomic mass is 35.5. The van der Waals surface area contributed by atoms with Gasteiger partial charge in [0.25, 0.3) is 0 Å². The van der Waals surface area contributed by atoms with Crippen LogP contribution in [-0.2, 0) is 11.3 Å². The smallest absolute Gasteiger partial charge is 0.241 e. The fraction of sp³-hybridized carbons (Fsp3) is 0.433. The topological polar surface area (TPSA) is 97.4 Å². The van der Waals surface area contributed by atoms with E-state index in [1.807, 2.05) is 31.2 Å². The van der Waals surface area contributed by atoms with Crippen LogP contribution in [0.4, 0.5) is 11.8 Å². The fourth-order valence-corrected chi connectivity index (χ4v) is 6.50. The van der Waals surface area contributed by atoms with E-state index in [0.29, 0.717) is 12.5 Å². The van der Waals surface area contributed by atoms with Crippen molar-refractivity contribution in [2.24, 2.45) is 5.84 Å². The Morgan fingerprint density at radius 1 is 0.951 bits per heavy atom. The number of ether oxygens (including phenoxy) is 1. The number of aromatic nitrogens is 4. The van der Waals surface area contributed by atoms with E-state index in [-0.39, 0.29) is 24.2 Å². The van der Waals surface area contributed by atoms with Gasteiger partial charge >= 0.3 is 0 Å². The fourth-order valence-electron chi connectivity index (χ4n) is 6.24. The second-order valence-electron chi connectivity index (χ2n) is 11.1. The van der Waals surface area contributed by atoms with Gasteiger partial charge in [-0.3, -0.25) is 10.3 Å². The molecule has 0 aliphatic carbocycles. The maximum Gasteiger partial charge on any atom is 0.241 e. The molecule has 0 amide bonds. The van der Waals surface area contributed by atoms with Gasteiger partial charge in [0.2, 0.25) is 5.95 Å². The van der Waals surface area contributed by atoms with E-state index in [1.54, 1.807) is 0 Å². The summed E-state index contributed by atoms with van der Waals surface area (Å²) >= 11 is 12.5. The number of fused-ring (bicyclic) bond motifs is 1. The summed E-state index contributed by atoms with van der Waals surface area (Å²) in [7, 11) is 0. The number of nitrogens with zero attached hydrogens (tertiary/aromatic N) is 6. The van der Waals surface area contributed by atoms with Crippen LogP contribution < -0.4 is 16.2 Å². The van der Waals surface area contributed by atoms with Crippen molar-refractivity contribution >= 4 is 46.1 Å². The van der Waals surface area contributed by atoms with Crippen LogP contribution in [0.2, 0.25) is 10.0 Å². The first-order valence-electron chi connectivity index (χ1n) is 14.2. The first-order chi connectivity index (χ1) is 19.8. The molecule has 216 valence electrons. The number of hydrazine groups is 1. The van der Waals surface area contributed by atoms with Crippen LogP contribution >= 0.6 is 23.2 Å². The zero-order chi connectivity index (χ0) is 28.7. The number of anilines is 2. The highest BCUT2D eigenvalue weighted by Crippen LogP contribution is 2.37. The van der Waals surface area contributed by atoms with Gasteiger partial charge in [-0.15, -0.1) is 0 Å². The highest BCUT2D eigenvalue weighted by molar-refractivity contribution is 6.30.